The summed E-state index contributed by atoms with van der Waals surface area (Å²) in [5.41, 5.74) is 1.07. The van der Waals surface area contributed by atoms with Gasteiger partial charge in [0.25, 0.3) is 5.91 Å². The van der Waals surface area contributed by atoms with Gasteiger partial charge in [-0.25, -0.2) is 0 Å². The predicted octanol–water partition coefficient (Wildman–Crippen LogP) is 1.57. The van der Waals surface area contributed by atoms with Gasteiger partial charge in [0.05, 0.1) is 0 Å². The minimum absolute atomic E-state index is 0.206. The normalized spacial score (nSPS) is 10.4. The average molecular weight is 250 g/mol. The molecule has 5 heteroatoms. The predicted molar refractivity (Wildman–Crippen MR) is 67.4 cm³/mol. The quantitative estimate of drug-likeness (QED) is 0.861. The Hall–Kier alpha value is -1.91. The second kappa shape index (κ2) is 6.14. The molecule has 98 valence electrons. The molecule has 0 unspecified atom stereocenters. The van der Waals surface area contributed by atoms with Crippen LogP contribution in [0.25, 0.3) is 0 Å². The van der Waals surface area contributed by atoms with Crippen LogP contribution in [0.3, 0.4) is 0 Å². The average Bonchev–Trinajstić information content (AvgIpc) is 2.26. The van der Waals surface area contributed by atoms with E-state index in [-0.39, 0.29) is 18.4 Å². The summed E-state index contributed by atoms with van der Waals surface area (Å²) in [5.74, 6) is -1.14. The Morgan fingerprint density at radius 3 is 2.61 bits per heavy atom. The number of pyridine rings is 1. The number of rotatable bonds is 5. The first kappa shape index (κ1) is 14.2. The molecule has 0 atom stereocenters. The van der Waals surface area contributed by atoms with Crippen LogP contribution in [0.15, 0.2) is 18.3 Å². The third-order valence-electron chi connectivity index (χ3n) is 2.41. The van der Waals surface area contributed by atoms with Crippen LogP contribution in [-0.4, -0.2) is 40.0 Å². The monoisotopic (exact) mass is 250 g/mol. The van der Waals surface area contributed by atoms with Crippen molar-refractivity contribution in [2.45, 2.75) is 20.8 Å². The van der Waals surface area contributed by atoms with Crippen LogP contribution in [0.4, 0.5) is 0 Å². The van der Waals surface area contributed by atoms with Crippen LogP contribution in [0.5, 0.6) is 0 Å². The lowest BCUT2D eigenvalue weighted by molar-refractivity contribution is -0.137. The standard InChI is InChI=1S/C13H18N2O3/c1-9(2)7-15(8-11(16)17)13(18)12-10(3)5-4-6-14-12/h4-6,9H,7-8H2,1-3H3,(H,16,17). The number of carbonyl (C=O) groups is 2. The molecule has 0 aliphatic carbocycles. The maximum Gasteiger partial charge on any atom is 0.323 e. The number of aromatic nitrogens is 1. The molecule has 0 aliphatic heterocycles. The van der Waals surface area contributed by atoms with Gasteiger partial charge in [-0.2, -0.15) is 0 Å². The van der Waals surface area contributed by atoms with Gasteiger partial charge in [0.2, 0.25) is 0 Å². The van der Waals surface area contributed by atoms with Crippen molar-refractivity contribution in [2.24, 2.45) is 5.92 Å². The van der Waals surface area contributed by atoms with Gasteiger partial charge in [0.1, 0.15) is 12.2 Å². The summed E-state index contributed by atoms with van der Waals surface area (Å²) in [4.78, 5) is 28.4. The van der Waals surface area contributed by atoms with Crippen LogP contribution in [-0.2, 0) is 4.79 Å². The van der Waals surface area contributed by atoms with Crippen LogP contribution < -0.4 is 0 Å². The molecule has 0 bridgehead atoms. The van der Waals surface area contributed by atoms with E-state index < -0.39 is 5.97 Å². The molecule has 0 aromatic carbocycles. The second-order valence-electron chi connectivity index (χ2n) is 4.64. The third-order valence-corrected chi connectivity index (χ3v) is 2.41. The van der Waals surface area contributed by atoms with E-state index in [0.29, 0.717) is 12.2 Å². The molecule has 5 nitrogen and oxygen atoms in total. The number of carboxylic acids is 1. The maximum atomic E-state index is 12.2. The second-order valence-corrected chi connectivity index (χ2v) is 4.64. The van der Waals surface area contributed by atoms with E-state index in [2.05, 4.69) is 4.98 Å². The number of aliphatic carboxylic acids is 1. The van der Waals surface area contributed by atoms with Crippen molar-refractivity contribution in [1.82, 2.24) is 9.88 Å². The molecule has 0 spiro atoms. The summed E-state index contributed by atoms with van der Waals surface area (Å²) in [6.07, 6.45) is 1.54. The topological polar surface area (TPSA) is 70.5 Å². The zero-order valence-corrected chi connectivity index (χ0v) is 10.9. The first-order chi connectivity index (χ1) is 8.41. The van der Waals surface area contributed by atoms with E-state index in [1.807, 2.05) is 13.8 Å². The Kier molecular flexibility index (Phi) is 4.83. The molecule has 1 aromatic rings. The summed E-state index contributed by atoms with van der Waals surface area (Å²) in [5, 5.41) is 8.85. The lowest BCUT2D eigenvalue weighted by Crippen LogP contribution is -2.38. The zero-order valence-electron chi connectivity index (χ0n) is 10.9. The number of aryl methyl sites for hydroxylation is 1. The fourth-order valence-corrected chi connectivity index (χ4v) is 1.68. The van der Waals surface area contributed by atoms with Gasteiger partial charge >= 0.3 is 5.97 Å². The summed E-state index contributed by atoms with van der Waals surface area (Å²) in [6.45, 7) is 5.77. The summed E-state index contributed by atoms with van der Waals surface area (Å²) < 4.78 is 0. The summed E-state index contributed by atoms with van der Waals surface area (Å²) in [6, 6.07) is 3.53. The van der Waals surface area contributed by atoms with E-state index in [9.17, 15) is 9.59 Å². The fourth-order valence-electron chi connectivity index (χ4n) is 1.68. The molecule has 1 N–H and O–H groups in total. The largest absolute Gasteiger partial charge is 0.480 e. The SMILES string of the molecule is Cc1cccnc1C(=O)N(CC(=O)O)CC(C)C. The first-order valence-electron chi connectivity index (χ1n) is 5.84. The lowest BCUT2D eigenvalue weighted by Gasteiger charge is -2.22. The van der Waals surface area contributed by atoms with Crippen LogP contribution in [0.1, 0.15) is 29.9 Å². The molecule has 0 saturated carbocycles. The molecule has 0 fully saturated rings. The minimum Gasteiger partial charge on any atom is -0.480 e. The van der Waals surface area contributed by atoms with Crippen molar-refractivity contribution in [3.05, 3.63) is 29.6 Å². The number of carboxylic acid groups (broad SMARTS) is 1. The summed E-state index contributed by atoms with van der Waals surface area (Å²) >= 11 is 0. The summed E-state index contributed by atoms with van der Waals surface area (Å²) in [7, 11) is 0. The minimum atomic E-state index is -1.02. The van der Waals surface area contributed by atoms with Crippen molar-refractivity contribution >= 4 is 11.9 Å². The van der Waals surface area contributed by atoms with E-state index in [0.717, 1.165) is 5.56 Å². The molecular weight excluding hydrogens is 232 g/mol. The van der Waals surface area contributed by atoms with Gasteiger partial charge in [-0.3, -0.25) is 14.6 Å². The molecule has 0 saturated heterocycles. The van der Waals surface area contributed by atoms with Crippen molar-refractivity contribution in [3.8, 4) is 0 Å². The van der Waals surface area contributed by atoms with Crippen molar-refractivity contribution in [2.75, 3.05) is 13.1 Å². The van der Waals surface area contributed by atoms with E-state index >= 15 is 0 Å². The Morgan fingerprint density at radius 2 is 2.11 bits per heavy atom. The Balaban J connectivity index is 2.95. The molecule has 1 rings (SSSR count). The maximum absolute atomic E-state index is 12.2. The first-order valence-corrected chi connectivity index (χ1v) is 5.84. The van der Waals surface area contributed by atoms with Crippen molar-refractivity contribution in [1.29, 1.82) is 0 Å². The number of nitrogens with zero attached hydrogens (tertiary/aromatic N) is 2. The van der Waals surface area contributed by atoms with Crippen molar-refractivity contribution < 1.29 is 14.7 Å². The highest BCUT2D eigenvalue weighted by atomic mass is 16.4. The smallest absolute Gasteiger partial charge is 0.323 e. The molecule has 1 amide bonds. The lowest BCUT2D eigenvalue weighted by atomic mass is 10.1. The van der Waals surface area contributed by atoms with Gasteiger partial charge in [0.15, 0.2) is 0 Å². The van der Waals surface area contributed by atoms with Gasteiger partial charge in [0, 0.05) is 12.7 Å². The van der Waals surface area contributed by atoms with Gasteiger partial charge in [-0.05, 0) is 24.5 Å². The van der Waals surface area contributed by atoms with Crippen LogP contribution in [0, 0.1) is 12.8 Å². The fraction of sp³-hybridized carbons (Fsp3) is 0.462. The van der Waals surface area contributed by atoms with Gasteiger partial charge < -0.3 is 10.0 Å². The molecule has 0 aliphatic rings. The Morgan fingerprint density at radius 1 is 1.44 bits per heavy atom. The highest BCUT2D eigenvalue weighted by molar-refractivity contribution is 5.95. The van der Waals surface area contributed by atoms with Gasteiger partial charge in [-0.1, -0.05) is 19.9 Å². The molecule has 1 aromatic heterocycles. The van der Waals surface area contributed by atoms with Crippen molar-refractivity contribution in [3.63, 3.8) is 0 Å². The third kappa shape index (κ3) is 3.84. The molecule has 0 radical (unpaired) electrons. The number of hydrogen-bond donors (Lipinski definition) is 1. The molecular formula is C13H18N2O3. The Bertz CT molecular complexity index is 444. The van der Waals surface area contributed by atoms with Gasteiger partial charge in [-0.15, -0.1) is 0 Å². The highest BCUT2D eigenvalue weighted by Crippen LogP contribution is 2.09. The molecule has 18 heavy (non-hydrogen) atoms. The van der Waals surface area contributed by atoms with Crippen LogP contribution in [0.2, 0.25) is 0 Å². The number of hydrogen-bond acceptors (Lipinski definition) is 3. The van der Waals surface area contributed by atoms with E-state index in [1.54, 1.807) is 19.1 Å². The van der Waals surface area contributed by atoms with Crippen LogP contribution >= 0.6 is 0 Å². The number of carbonyl (C=O) groups excluding carboxylic acids is 1. The van der Waals surface area contributed by atoms with E-state index in [1.165, 1.54) is 11.1 Å². The Labute approximate surface area is 106 Å². The van der Waals surface area contributed by atoms with E-state index in [4.69, 9.17) is 5.11 Å². The molecule has 1 heterocycles. The number of amides is 1. The zero-order chi connectivity index (χ0) is 13.7. The highest BCUT2D eigenvalue weighted by Gasteiger charge is 2.21.